The molecule has 0 radical (unpaired) electrons. The second-order valence-corrected chi connectivity index (χ2v) is 10.4. The lowest BCUT2D eigenvalue weighted by molar-refractivity contribution is -0.384. The van der Waals surface area contributed by atoms with Gasteiger partial charge in [-0.05, 0) is 56.8 Å². The molecule has 1 aromatic carbocycles. The quantitative estimate of drug-likeness (QED) is 0.464. The minimum atomic E-state index is -0.572. The molecule has 1 saturated heterocycles. The summed E-state index contributed by atoms with van der Waals surface area (Å²) in [4.78, 5) is 39.0. The Balaban J connectivity index is 1.29. The Morgan fingerprint density at radius 1 is 1.06 bits per heavy atom. The van der Waals surface area contributed by atoms with Gasteiger partial charge in [-0.3, -0.25) is 24.6 Å². The van der Waals surface area contributed by atoms with Crippen molar-refractivity contribution in [1.29, 1.82) is 0 Å². The number of carbonyl (C=O) groups excluding carboxylic acids is 2. The van der Waals surface area contributed by atoms with Gasteiger partial charge in [-0.2, -0.15) is 0 Å². The van der Waals surface area contributed by atoms with Gasteiger partial charge in [-0.1, -0.05) is 12.8 Å². The summed E-state index contributed by atoms with van der Waals surface area (Å²) in [6.45, 7) is 1.80. The monoisotopic (exact) mass is 470 g/mol. The number of nitrogens with zero attached hydrogens (tertiary/aromatic N) is 2. The molecule has 1 heterocycles. The first kappa shape index (κ1) is 23.1. The molecule has 4 aliphatic rings. The topological polar surface area (TPSA) is 114 Å². The van der Waals surface area contributed by atoms with Crippen LogP contribution < -0.4 is 15.4 Å². The van der Waals surface area contributed by atoms with Crippen molar-refractivity contribution in [3.8, 4) is 5.75 Å². The molecule has 3 saturated carbocycles. The van der Waals surface area contributed by atoms with Crippen molar-refractivity contribution in [3.05, 3.63) is 27.8 Å². The van der Waals surface area contributed by atoms with Crippen LogP contribution in [0, 0.1) is 27.9 Å². The summed E-state index contributed by atoms with van der Waals surface area (Å²) >= 11 is 0. The highest BCUT2D eigenvalue weighted by Crippen LogP contribution is 2.43. The van der Waals surface area contributed by atoms with Crippen LogP contribution in [0.1, 0.15) is 68.1 Å². The van der Waals surface area contributed by atoms with Gasteiger partial charge in [-0.25, -0.2) is 0 Å². The predicted octanol–water partition coefficient (Wildman–Crippen LogP) is 3.72. The molecule has 4 fully saturated rings. The fourth-order valence-corrected chi connectivity index (χ4v) is 6.42. The zero-order valence-electron chi connectivity index (χ0n) is 19.8. The van der Waals surface area contributed by atoms with E-state index in [4.69, 9.17) is 4.74 Å². The first-order valence-corrected chi connectivity index (χ1v) is 12.7. The average Bonchev–Trinajstić information content (AvgIpc) is 3.57. The van der Waals surface area contributed by atoms with Crippen LogP contribution in [0.15, 0.2) is 12.1 Å². The summed E-state index contributed by atoms with van der Waals surface area (Å²) in [5.74, 6) is 1.07. The molecular formula is C25H34N4O5. The maximum atomic E-state index is 13.2. The number of benzene rings is 1. The third kappa shape index (κ3) is 4.62. The van der Waals surface area contributed by atoms with E-state index in [2.05, 4.69) is 15.5 Å². The Morgan fingerprint density at radius 2 is 1.74 bits per heavy atom. The van der Waals surface area contributed by atoms with E-state index in [0.717, 1.165) is 44.2 Å². The van der Waals surface area contributed by atoms with Gasteiger partial charge in [-0.15, -0.1) is 0 Å². The minimum absolute atomic E-state index is 0.00756. The number of amides is 2. The molecule has 2 bridgehead atoms. The number of rotatable bonds is 7. The Kier molecular flexibility index (Phi) is 6.46. The van der Waals surface area contributed by atoms with Gasteiger partial charge in [0.1, 0.15) is 11.4 Å². The lowest BCUT2D eigenvalue weighted by Gasteiger charge is -2.47. The highest BCUT2D eigenvalue weighted by Gasteiger charge is 2.42. The van der Waals surface area contributed by atoms with Gasteiger partial charge >= 0.3 is 0 Å². The third-order valence-electron chi connectivity index (χ3n) is 8.21. The number of nitrogens with one attached hydrogen (secondary N) is 2. The highest BCUT2D eigenvalue weighted by atomic mass is 16.6. The van der Waals surface area contributed by atoms with Crippen LogP contribution in [-0.2, 0) is 4.79 Å². The molecule has 1 aromatic rings. The number of nitro benzene ring substituents is 1. The summed E-state index contributed by atoms with van der Waals surface area (Å²) in [7, 11) is 1.42. The van der Waals surface area contributed by atoms with E-state index in [0.29, 0.717) is 6.04 Å². The number of hydrogen-bond donors (Lipinski definition) is 2. The lowest BCUT2D eigenvalue weighted by atomic mass is 9.68. The summed E-state index contributed by atoms with van der Waals surface area (Å²) < 4.78 is 5.39. The molecule has 0 spiro atoms. The molecular weight excluding hydrogens is 436 g/mol. The largest absolute Gasteiger partial charge is 0.496 e. The van der Waals surface area contributed by atoms with Crippen molar-refractivity contribution in [3.63, 3.8) is 0 Å². The number of hydrogen-bond acceptors (Lipinski definition) is 6. The number of ether oxygens (including phenoxy) is 1. The van der Waals surface area contributed by atoms with E-state index in [1.165, 1.54) is 57.8 Å². The van der Waals surface area contributed by atoms with Crippen LogP contribution in [0.4, 0.5) is 11.4 Å². The molecule has 2 N–H and O–H groups in total. The molecule has 0 aromatic heterocycles. The standard InChI is InChI=1S/C25H34N4O5/c1-34-22-13-20(27-24(30)17-8-9-17)21(29(32)33)12-19(22)25(31)26-18-10-11-28(14-18)23-15-4-2-5-16(23)7-3-6-15/h12-13,15-18,23H,2-11,14H2,1H3,(H,26,31)(H,27,30). The van der Waals surface area contributed by atoms with E-state index in [1.807, 2.05) is 0 Å². The summed E-state index contributed by atoms with van der Waals surface area (Å²) in [5.41, 5.74) is -0.124. The van der Waals surface area contributed by atoms with E-state index >= 15 is 0 Å². The number of carbonyl (C=O) groups is 2. The second-order valence-electron chi connectivity index (χ2n) is 10.4. The van der Waals surface area contributed by atoms with E-state index in [1.54, 1.807) is 0 Å². The highest BCUT2D eigenvalue weighted by molar-refractivity contribution is 6.01. The van der Waals surface area contributed by atoms with E-state index < -0.39 is 4.92 Å². The van der Waals surface area contributed by atoms with Crippen LogP contribution >= 0.6 is 0 Å². The Hall–Kier alpha value is -2.68. The third-order valence-corrected chi connectivity index (χ3v) is 8.21. The van der Waals surface area contributed by atoms with Gasteiger partial charge in [0, 0.05) is 43.2 Å². The number of likely N-dealkylation sites (tertiary alicyclic amines) is 1. The zero-order chi connectivity index (χ0) is 23.8. The van der Waals surface area contributed by atoms with Crippen molar-refractivity contribution in [2.24, 2.45) is 17.8 Å². The summed E-state index contributed by atoms with van der Waals surface area (Å²) in [6.07, 6.45) is 10.4. The molecule has 1 aliphatic heterocycles. The van der Waals surface area contributed by atoms with Gasteiger partial charge < -0.3 is 15.4 Å². The van der Waals surface area contributed by atoms with Crippen LogP contribution in [0.25, 0.3) is 0 Å². The fraction of sp³-hybridized carbons (Fsp3) is 0.680. The van der Waals surface area contributed by atoms with E-state index in [9.17, 15) is 19.7 Å². The number of nitro groups is 1. The fourth-order valence-electron chi connectivity index (χ4n) is 6.42. The predicted molar refractivity (Wildman–Crippen MR) is 127 cm³/mol. The van der Waals surface area contributed by atoms with Crippen LogP contribution in [0.2, 0.25) is 0 Å². The molecule has 34 heavy (non-hydrogen) atoms. The lowest BCUT2D eigenvalue weighted by Crippen LogP contribution is -2.50. The Labute approximate surface area is 199 Å². The molecule has 9 heteroatoms. The summed E-state index contributed by atoms with van der Waals surface area (Å²) in [5, 5.41) is 17.4. The van der Waals surface area contributed by atoms with Crippen LogP contribution in [0.3, 0.4) is 0 Å². The van der Waals surface area contributed by atoms with E-state index in [-0.39, 0.29) is 46.5 Å². The summed E-state index contributed by atoms with van der Waals surface area (Å²) in [6, 6.07) is 3.24. The normalized spacial score (nSPS) is 28.9. The first-order valence-electron chi connectivity index (χ1n) is 12.7. The Morgan fingerprint density at radius 3 is 2.32 bits per heavy atom. The zero-order valence-corrected chi connectivity index (χ0v) is 19.8. The van der Waals surface area contributed by atoms with Crippen molar-refractivity contribution in [1.82, 2.24) is 10.2 Å². The molecule has 1 atom stereocenters. The molecule has 2 amide bonds. The SMILES string of the molecule is COc1cc(NC(=O)C2CC2)c([N+](=O)[O-])cc1C(=O)NC1CCN(C2C3CCCC2CCC3)C1. The van der Waals surface area contributed by atoms with Crippen molar-refractivity contribution >= 4 is 23.2 Å². The second kappa shape index (κ2) is 9.52. The number of fused-ring (bicyclic) bond motifs is 2. The number of methoxy groups -OCH3 is 1. The molecule has 5 rings (SSSR count). The Bertz CT molecular complexity index is 956. The van der Waals surface area contributed by atoms with Crippen molar-refractivity contribution in [2.75, 3.05) is 25.5 Å². The van der Waals surface area contributed by atoms with Crippen LogP contribution in [0.5, 0.6) is 5.75 Å². The molecule has 184 valence electrons. The van der Waals surface area contributed by atoms with Crippen molar-refractivity contribution in [2.45, 2.75) is 69.9 Å². The van der Waals surface area contributed by atoms with Gasteiger partial charge in [0.25, 0.3) is 11.6 Å². The van der Waals surface area contributed by atoms with Crippen LogP contribution in [-0.4, -0.2) is 53.9 Å². The first-order chi connectivity index (χ1) is 16.4. The number of anilines is 1. The minimum Gasteiger partial charge on any atom is -0.496 e. The molecule has 9 nitrogen and oxygen atoms in total. The maximum absolute atomic E-state index is 13.2. The van der Waals surface area contributed by atoms with Gasteiger partial charge in [0.15, 0.2) is 0 Å². The molecule has 3 aliphatic carbocycles. The smallest absolute Gasteiger partial charge is 0.293 e. The van der Waals surface area contributed by atoms with Gasteiger partial charge in [0.2, 0.25) is 5.91 Å². The van der Waals surface area contributed by atoms with Gasteiger partial charge in [0.05, 0.1) is 17.6 Å². The average molecular weight is 471 g/mol. The maximum Gasteiger partial charge on any atom is 0.293 e. The van der Waals surface area contributed by atoms with Crippen molar-refractivity contribution < 1.29 is 19.2 Å². The molecule has 1 unspecified atom stereocenters.